The van der Waals surface area contributed by atoms with Crippen molar-refractivity contribution in [2.24, 2.45) is 0 Å². The zero-order chi connectivity index (χ0) is 16.3. The lowest BCUT2D eigenvalue weighted by Crippen LogP contribution is -2.40. The van der Waals surface area contributed by atoms with Crippen LogP contribution in [-0.2, 0) is 6.54 Å². The van der Waals surface area contributed by atoms with Crippen LogP contribution in [0.3, 0.4) is 0 Å². The van der Waals surface area contributed by atoms with Crippen molar-refractivity contribution in [3.05, 3.63) is 33.2 Å². The Morgan fingerprint density at radius 3 is 2.19 bits per heavy atom. The lowest BCUT2D eigenvalue weighted by atomic mass is 10.1. The minimum Gasteiger partial charge on any atom is -0.478 e. The average molecular weight is 294 g/mol. The van der Waals surface area contributed by atoms with Gasteiger partial charge in [0.2, 0.25) is 0 Å². The molecule has 1 heterocycles. The van der Waals surface area contributed by atoms with Crippen molar-refractivity contribution in [3.63, 3.8) is 0 Å². The van der Waals surface area contributed by atoms with Crippen molar-refractivity contribution in [3.8, 4) is 0 Å². The summed E-state index contributed by atoms with van der Waals surface area (Å²) in [5.74, 6) is -0.983. The first-order valence-electron chi connectivity index (χ1n) is 7.36. The van der Waals surface area contributed by atoms with Crippen LogP contribution in [0.25, 0.3) is 0 Å². The summed E-state index contributed by atoms with van der Waals surface area (Å²) in [6.07, 6.45) is 0. The largest absolute Gasteiger partial charge is 0.478 e. The fraction of sp³-hybridized carbons (Fsp3) is 0.625. The smallest absolute Gasteiger partial charge is 0.337 e. The van der Waals surface area contributed by atoms with Gasteiger partial charge in [0.1, 0.15) is 0 Å². The summed E-state index contributed by atoms with van der Waals surface area (Å²) in [6.45, 7) is 13.1. The highest BCUT2D eigenvalue weighted by Gasteiger charge is 2.18. The fourth-order valence-corrected chi connectivity index (χ4v) is 2.85. The van der Waals surface area contributed by atoms with E-state index in [9.17, 15) is 14.7 Å². The van der Waals surface area contributed by atoms with E-state index in [2.05, 4.69) is 32.6 Å². The monoisotopic (exact) mass is 294 g/mol. The van der Waals surface area contributed by atoms with Gasteiger partial charge in [0.25, 0.3) is 5.56 Å². The topological polar surface area (TPSA) is 62.5 Å². The number of carboxylic acids is 1. The number of aromatic carboxylic acids is 1. The lowest BCUT2D eigenvalue weighted by Gasteiger charge is -2.31. The molecule has 5 heteroatoms. The molecule has 0 bridgehead atoms. The van der Waals surface area contributed by atoms with Crippen LogP contribution in [0.4, 0.5) is 0 Å². The summed E-state index contributed by atoms with van der Waals surface area (Å²) in [4.78, 5) is 25.8. The number of hydrogen-bond acceptors (Lipinski definition) is 3. The van der Waals surface area contributed by atoms with Crippen LogP contribution in [0.1, 0.15) is 49.3 Å². The molecule has 0 amide bonds. The zero-order valence-electron chi connectivity index (χ0n) is 13.8. The molecule has 0 aromatic carbocycles. The van der Waals surface area contributed by atoms with Crippen molar-refractivity contribution in [2.45, 2.75) is 60.2 Å². The number of hydrogen-bond donors (Lipinski definition) is 1. The predicted molar refractivity (Wildman–Crippen MR) is 84.1 cm³/mol. The van der Waals surface area contributed by atoms with Gasteiger partial charge < -0.3 is 9.67 Å². The molecule has 0 fully saturated rings. The summed E-state index contributed by atoms with van der Waals surface area (Å²) in [7, 11) is 0. The van der Waals surface area contributed by atoms with Crippen LogP contribution in [0, 0.1) is 13.8 Å². The molecule has 1 N–H and O–H groups in total. The Hall–Kier alpha value is -1.62. The van der Waals surface area contributed by atoms with Gasteiger partial charge in [-0.2, -0.15) is 0 Å². The number of nitrogens with zero attached hydrogens (tertiary/aromatic N) is 2. The van der Waals surface area contributed by atoms with Crippen molar-refractivity contribution < 1.29 is 9.90 Å². The van der Waals surface area contributed by atoms with Gasteiger partial charge in [0.05, 0.1) is 5.56 Å². The third kappa shape index (κ3) is 3.94. The van der Waals surface area contributed by atoms with E-state index < -0.39 is 5.97 Å². The van der Waals surface area contributed by atoms with Crippen LogP contribution in [0.2, 0.25) is 0 Å². The highest BCUT2D eigenvalue weighted by Crippen LogP contribution is 2.12. The van der Waals surface area contributed by atoms with Crippen LogP contribution in [0.5, 0.6) is 0 Å². The predicted octanol–water partition coefficient (Wildman–Crippen LogP) is 2.28. The van der Waals surface area contributed by atoms with Crippen molar-refractivity contribution in [2.75, 3.05) is 6.54 Å². The zero-order valence-corrected chi connectivity index (χ0v) is 13.8. The number of aryl methyl sites for hydroxylation is 1. The highest BCUT2D eigenvalue weighted by molar-refractivity contribution is 5.90. The maximum Gasteiger partial charge on any atom is 0.337 e. The summed E-state index contributed by atoms with van der Waals surface area (Å²) < 4.78 is 1.56. The molecule has 1 aromatic rings. The number of aromatic nitrogens is 1. The molecule has 1 aromatic heterocycles. The molecule has 118 valence electrons. The van der Waals surface area contributed by atoms with Gasteiger partial charge in [-0.25, -0.2) is 4.79 Å². The number of pyridine rings is 1. The Labute approximate surface area is 126 Å². The minimum absolute atomic E-state index is 0.137. The fourth-order valence-electron chi connectivity index (χ4n) is 2.85. The van der Waals surface area contributed by atoms with E-state index in [0.29, 0.717) is 29.9 Å². The van der Waals surface area contributed by atoms with E-state index in [1.165, 1.54) is 6.07 Å². The highest BCUT2D eigenvalue weighted by atomic mass is 16.4. The van der Waals surface area contributed by atoms with Gasteiger partial charge in [-0.15, -0.1) is 0 Å². The molecule has 0 radical (unpaired) electrons. The first-order chi connectivity index (χ1) is 9.66. The van der Waals surface area contributed by atoms with E-state index in [0.717, 1.165) is 6.54 Å². The molecular weight excluding hydrogens is 268 g/mol. The summed E-state index contributed by atoms with van der Waals surface area (Å²) in [5, 5.41) is 9.29. The first kappa shape index (κ1) is 17.4. The second-order valence-electron chi connectivity index (χ2n) is 6.01. The molecule has 5 nitrogen and oxygen atoms in total. The maximum absolute atomic E-state index is 12.1. The summed E-state index contributed by atoms with van der Waals surface area (Å²) in [6, 6.07) is 2.17. The number of carbonyl (C=O) groups is 1. The number of carboxylic acid groups (broad SMARTS) is 1. The Kier molecular flexibility index (Phi) is 5.72. The van der Waals surface area contributed by atoms with E-state index in [4.69, 9.17) is 0 Å². The van der Waals surface area contributed by atoms with Gasteiger partial charge in [0, 0.05) is 36.9 Å². The van der Waals surface area contributed by atoms with Gasteiger partial charge in [-0.3, -0.25) is 9.69 Å². The molecule has 0 atom stereocenters. The van der Waals surface area contributed by atoms with Gasteiger partial charge in [-0.05, 0) is 47.1 Å². The Balaban J connectivity index is 3.12. The van der Waals surface area contributed by atoms with Crippen molar-refractivity contribution in [1.29, 1.82) is 0 Å². The van der Waals surface area contributed by atoms with Gasteiger partial charge in [-0.1, -0.05) is 0 Å². The molecule has 0 aliphatic heterocycles. The third-order valence-electron chi connectivity index (χ3n) is 3.89. The Morgan fingerprint density at radius 1 is 1.24 bits per heavy atom. The first-order valence-corrected chi connectivity index (χ1v) is 7.36. The van der Waals surface area contributed by atoms with Gasteiger partial charge in [0.15, 0.2) is 0 Å². The summed E-state index contributed by atoms with van der Waals surface area (Å²) in [5.41, 5.74) is 1.14. The summed E-state index contributed by atoms with van der Waals surface area (Å²) >= 11 is 0. The molecule has 0 unspecified atom stereocenters. The second kappa shape index (κ2) is 6.89. The normalized spacial score (nSPS) is 11.7. The molecule has 0 spiro atoms. The molecule has 21 heavy (non-hydrogen) atoms. The quantitative estimate of drug-likeness (QED) is 0.874. The molecule has 0 aliphatic rings. The van der Waals surface area contributed by atoms with Crippen molar-refractivity contribution in [1.82, 2.24) is 9.47 Å². The van der Waals surface area contributed by atoms with Crippen LogP contribution in [0.15, 0.2) is 10.9 Å². The van der Waals surface area contributed by atoms with Crippen molar-refractivity contribution >= 4 is 5.97 Å². The minimum atomic E-state index is -0.983. The Morgan fingerprint density at radius 2 is 1.76 bits per heavy atom. The second-order valence-corrected chi connectivity index (χ2v) is 6.01. The molecular formula is C16H26N2O3. The van der Waals surface area contributed by atoms with E-state index in [-0.39, 0.29) is 11.1 Å². The molecule has 0 saturated heterocycles. The van der Waals surface area contributed by atoms with Crippen LogP contribution < -0.4 is 5.56 Å². The standard InChI is InChI=1S/C16H26N2O3/c1-10(2)17(11(3)4)7-8-18-13(6)15(16(20)21)12(5)9-14(18)19/h9-11H,7-8H2,1-6H3,(H,20,21). The van der Waals surface area contributed by atoms with Gasteiger partial charge >= 0.3 is 5.97 Å². The molecule has 1 rings (SSSR count). The van der Waals surface area contributed by atoms with Crippen LogP contribution >= 0.6 is 0 Å². The van der Waals surface area contributed by atoms with E-state index >= 15 is 0 Å². The Bertz CT molecular complexity index is 566. The number of rotatable bonds is 6. The van der Waals surface area contributed by atoms with E-state index in [1.807, 2.05) is 0 Å². The van der Waals surface area contributed by atoms with Crippen LogP contribution in [-0.4, -0.2) is 39.2 Å². The van der Waals surface area contributed by atoms with E-state index in [1.54, 1.807) is 18.4 Å². The molecule has 0 saturated carbocycles. The SMILES string of the molecule is Cc1cc(=O)n(CCN(C(C)C)C(C)C)c(C)c1C(=O)O. The molecule has 0 aliphatic carbocycles. The lowest BCUT2D eigenvalue weighted by molar-refractivity contribution is 0.0693. The average Bonchev–Trinajstić information content (AvgIpc) is 2.31. The third-order valence-corrected chi connectivity index (χ3v) is 3.89. The maximum atomic E-state index is 12.1.